The third-order valence-electron chi connectivity index (χ3n) is 2.68. The van der Waals surface area contributed by atoms with Crippen LogP contribution >= 0.6 is 0 Å². The molecule has 116 valence electrons. The van der Waals surface area contributed by atoms with Gasteiger partial charge in [-0.2, -0.15) is 0 Å². The number of amides is 1. The van der Waals surface area contributed by atoms with E-state index in [1.807, 2.05) is 6.07 Å². The molecule has 0 spiro atoms. The lowest BCUT2D eigenvalue weighted by atomic mass is 10.1. The van der Waals surface area contributed by atoms with Crippen LogP contribution in [0.1, 0.15) is 6.92 Å². The van der Waals surface area contributed by atoms with Gasteiger partial charge in [0.15, 0.2) is 0 Å². The molecular formula is C16H17NO5. The molecule has 6 nitrogen and oxygen atoms in total. The van der Waals surface area contributed by atoms with E-state index in [9.17, 15) is 14.4 Å². The predicted molar refractivity (Wildman–Crippen MR) is 80.9 cm³/mol. The first-order chi connectivity index (χ1) is 10.5. The molecule has 0 bridgehead atoms. The van der Waals surface area contributed by atoms with Crippen molar-refractivity contribution in [3.8, 4) is 0 Å². The van der Waals surface area contributed by atoms with E-state index in [1.165, 1.54) is 27.2 Å². The van der Waals surface area contributed by atoms with Gasteiger partial charge in [0.05, 0.1) is 19.8 Å². The summed E-state index contributed by atoms with van der Waals surface area (Å²) in [6.45, 7) is 1.52. The van der Waals surface area contributed by atoms with Gasteiger partial charge in [0.2, 0.25) is 5.91 Å². The number of carbonyl (C=O) groups is 3. The normalized spacial score (nSPS) is 11.6. The summed E-state index contributed by atoms with van der Waals surface area (Å²) in [6.07, 6.45) is 2.19. The molecule has 1 aromatic carbocycles. The van der Waals surface area contributed by atoms with E-state index < -0.39 is 17.8 Å². The van der Waals surface area contributed by atoms with Crippen molar-refractivity contribution >= 4 is 23.5 Å². The van der Waals surface area contributed by atoms with E-state index in [0.717, 1.165) is 6.08 Å². The molecule has 1 aromatic rings. The molecule has 0 saturated heterocycles. The largest absolute Gasteiger partial charge is 0.466 e. The van der Waals surface area contributed by atoms with Gasteiger partial charge in [-0.1, -0.05) is 18.2 Å². The number of hydrogen-bond acceptors (Lipinski definition) is 5. The predicted octanol–water partition coefficient (Wildman–Crippen LogP) is 1.84. The van der Waals surface area contributed by atoms with Crippen molar-refractivity contribution < 1.29 is 23.9 Å². The zero-order chi connectivity index (χ0) is 16.5. The highest BCUT2D eigenvalue weighted by atomic mass is 16.5. The number of nitrogens with one attached hydrogen (secondary N) is 1. The Morgan fingerprint density at radius 2 is 1.64 bits per heavy atom. The Balaban J connectivity index is 2.95. The molecule has 0 heterocycles. The van der Waals surface area contributed by atoms with Crippen LogP contribution < -0.4 is 5.32 Å². The summed E-state index contributed by atoms with van der Waals surface area (Å²) < 4.78 is 9.07. The van der Waals surface area contributed by atoms with Crippen LogP contribution in [0.25, 0.3) is 0 Å². The molecule has 22 heavy (non-hydrogen) atoms. The maximum absolute atomic E-state index is 11.9. The molecule has 0 unspecified atom stereocenters. The fourth-order valence-electron chi connectivity index (χ4n) is 1.59. The number of benzene rings is 1. The molecule has 0 atom stereocenters. The van der Waals surface area contributed by atoms with Crippen LogP contribution in [-0.4, -0.2) is 32.1 Å². The monoisotopic (exact) mass is 303 g/mol. The van der Waals surface area contributed by atoms with Crippen LogP contribution in [0.4, 0.5) is 5.69 Å². The van der Waals surface area contributed by atoms with Crippen LogP contribution in [0.2, 0.25) is 0 Å². The minimum atomic E-state index is -0.730. The minimum Gasteiger partial charge on any atom is -0.466 e. The average molecular weight is 303 g/mol. The second-order valence-corrected chi connectivity index (χ2v) is 4.26. The highest BCUT2D eigenvalue weighted by Gasteiger charge is 2.15. The molecule has 1 rings (SSSR count). The number of methoxy groups -OCH3 is 2. The van der Waals surface area contributed by atoms with Crippen LogP contribution in [-0.2, 0) is 23.9 Å². The Hall–Kier alpha value is -2.89. The molecule has 0 fully saturated rings. The lowest BCUT2D eigenvalue weighted by Crippen LogP contribution is -2.13. The number of carbonyl (C=O) groups excluding carboxylic acids is 3. The molecule has 0 aromatic heterocycles. The SMILES string of the molecule is COC(=O)/C=C(C(=O)OC)/C(C)=C/C(=O)Nc1ccccc1. The molecule has 0 radical (unpaired) electrons. The first-order valence-electron chi connectivity index (χ1n) is 6.40. The standard InChI is InChI=1S/C16H17NO5/c1-11(13(16(20)22-3)10-15(19)21-2)9-14(18)17-12-7-5-4-6-8-12/h4-10H,1-3H3,(H,17,18)/b11-9+,13-10-. The number of hydrogen-bond donors (Lipinski definition) is 1. The van der Waals surface area contributed by atoms with Crippen LogP contribution in [0.5, 0.6) is 0 Å². The summed E-state index contributed by atoms with van der Waals surface area (Å²) in [6, 6.07) is 8.84. The summed E-state index contributed by atoms with van der Waals surface area (Å²) in [4.78, 5) is 34.9. The molecule has 0 aliphatic rings. The molecule has 6 heteroatoms. The van der Waals surface area contributed by atoms with Crippen LogP contribution in [0.15, 0.2) is 53.6 Å². The second kappa shape index (κ2) is 8.41. The van der Waals surface area contributed by atoms with Crippen LogP contribution in [0, 0.1) is 0 Å². The quantitative estimate of drug-likeness (QED) is 0.510. The van der Waals surface area contributed by atoms with Crippen molar-refractivity contribution in [1.82, 2.24) is 0 Å². The van der Waals surface area contributed by atoms with Crippen molar-refractivity contribution in [2.75, 3.05) is 19.5 Å². The third-order valence-corrected chi connectivity index (χ3v) is 2.68. The lowest BCUT2D eigenvalue weighted by Gasteiger charge is -2.06. The van der Waals surface area contributed by atoms with Gasteiger partial charge in [-0.25, -0.2) is 9.59 Å². The smallest absolute Gasteiger partial charge is 0.338 e. The van der Waals surface area contributed by atoms with E-state index in [-0.39, 0.29) is 11.1 Å². The Kier molecular flexibility index (Phi) is 6.56. The maximum atomic E-state index is 11.9. The lowest BCUT2D eigenvalue weighted by molar-refractivity contribution is -0.138. The maximum Gasteiger partial charge on any atom is 0.338 e. The number of ether oxygens (including phenoxy) is 2. The third kappa shape index (κ3) is 5.24. The van der Waals surface area contributed by atoms with E-state index in [1.54, 1.807) is 24.3 Å². The molecule has 1 amide bonds. The Labute approximate surface area is 128 Å². The fraction of sp³-hybridized carbons (Fsp3) is 0.188. The minimum absolute atomic E-state index is 0.0439. The zero-order valence-corrected chi connectivity index (χ0v) is 12.6. The van der Waals surface area contributed by atoms with Crippen molar-refractivity contribution in [3.05, 3.63) is 53.6 Å². The second-order valence-electron chi connectivity index (χ2n) is 4.26. The first kappa shape index (κ1) is 17.2. The van der Waals surface area contributed by atoms with E-state index in [0.29, 0.717) is 5.69 Å². The van der Waals surface area contributed by atoms with Crippen molar-refractivity contribution in [2.45, 2.75) is 6.92 Å². The highest BCUT2D eigenvalue weighted by molar-refractivity contribution is 6.04. The van der Waals surface area contributed by atoms with E-state index >= 15 is 0 Å². The van der Waals surface area contributed by atoms with Gasteiger partial charge in [-0.05, 0) is 24.6 Å². The van der Waals surface area contributed by atoms with Gasteiger partial charge in [0.1, 0.15) is 0 Å². The number of para-hydroxylation sites is 1. The van der Waals surface area contributed by atoms with Gasteiger partial charge in [-0.3, -0.25) is 4.79 Å². The summed E-state index contributed by atoms with van der Waals surface area (Å²) in [5.41, 5.74) is 0.858. The molecule has 0 aliphatic heterocycles. The first-order valence-corrected chi connectivity index (χ1v) is 6.40. The van der Waals surface area contributed by atoms with Crippen molar-refractivity contribution in [3.63, 3.8) is 0 Å². The number of rotatable bonds is 5. The number of esters is 2. The molecule has 0 saturated carbocycles. The zero-order valence-electron chi connectivity index (χ0n) is 12.6. The van der Waals surface area contributed by atoms with E-state index in [2.05, 4.69) is 14.8 Å². The van der Waals surface area contributed by atoms with Gasteiger partial charge in [0, 0.05) is 17.8 Å². The highest BCUT2D eigenvalue weighted by Crippen LogP contribution is 2.13. The van der Waals surface area contributed by atoms with Gasteiger partial charge >= 0.3 is 11.9 Å². The topological polar surface area (TPSA) is 81.7 Å². The number of anilines is 1. The Morgan fingerprint density at radius 1 is 1.00 bits per heavy atom. The van der Waals surface area contributed by atoms with Gasteiger partial charge in [-0.15, -0.1) is 0 Å². The molecular weight excluding hydrogens is 286 g/mol. The van der Waals surface area contributed by atoms with Crippen molar-refractivity contribution in [2.24, 2.45) is 0 Å². The van der Waals surface area contributed by atoms with E-state index in [4.69, 9.17) is 0 Å². The van der Waals surface area contributed by atoms with Gasteiger partial charge < -0.3 is 14.8 Å². The summed E-state index contributed by atoms with van der Waals surface area (Å²) in [5, 5.41) is 2.64. The Bertz CT molecular complexity index is 617. The van der Waals surface area contributed by atoms with Crippen molar-refractivity contribution in [1.29, 1.82) is 0 Å². The molecule has 0 aliphatic carbocycles. The van der Waals surface area contributed by atoms with Crippen LogP contribution in [0.3, 0.4) is 0 Å². The molecule has 1 N–H and O–H groups in total. The van der Waals surface area contributed by atoms with Gasteiger partial charge in [0.25, 0.3) is 0 Å². The summed E-state index contributed by atoms with van der Waals surface area (Å²) >= 11 is 0. The summed E-state index contributed by atoms with van der Waals surface area (Å²) in [5.74, 6) is -1.87. The average Bonchev–Trinajstić information content (AvgIpc) is 2.52. The summed E-state index contributed by atoms with van der Waals surface area (Å²) in [7, 11) is 2.37. The fourth-order valence-corrected chi connectivity index (χ4v) is 1.59. The Morgan fingerprint density at radius 3 is 2.18 bits per heavy atom.